The summed E-state index contributed by atoms with van der Waals surface area (Å²) in [6, 6.07) is 1.41. The van der Waals surface area contributed by atoms with Gasteiger partial charge in [-0.3, -0.25) is 4.79 Å². The average molecular weight is 167 g/mol. The highest BCUT2D eigenvalue weighted by Gasteiger charge is 2.32. The summed E-state index contributed by atoms with van der Waals surface area (Å²) in [4.78, 5) is 10.5. The molecule has 0 fully saturated rings. The summed E-state index contributed by atoms with van der Waals surface area (Å²) in [5.74, 6) is -0.715. The van der Waals surface area contributed by atoms with Crippen molar-refractivity contribution >= 4 is 29.1 Å². The molecule has 0 heterocycles. The molecule has 0 atom stereocenters. The minimum Gasteiger partial charge on any atom is -0.356 e. The van der Waals surface area contributed by atoms with E-state index in [0.29, 0.717) is 0 Å². The smallest absolute Gasteiger partial charge is 0.281 e. The number of nitriles is 1. The first-order valence-electron chi connectivity index (χ1n) is 2.06. The molecule has 0 saturated carbocycles. The van der Waals surface area contributed by atoms with Crippen molar-refractivity contribution in [1.29, 1.82) is 5.26 Å². The van der Waals surface area contributed by atoms with Crippen LogP contribution in [0.5, 0.6) is 0 Å². The molecule has 0 radical (unpaired) electrons. The number of halogens is 2. The van der Waals surface area contributed by atoms with Gasteiger partial charge in [0.15, 0.2) is 0 Å². The van der Waals surface area contributed by atoms with E-state index in [4.69, 9.17) is 28.5 Å². The Morgan fingerprint density at radius 1 is 1.78 bits per heavy atom. The lowest BCUT2D eigenvalue weighted by atomic mass is 10.4. The van der Waals surface area contributed by atoms with Crippen LogP contribution in [0.2, 0.25) is 0 Å². The lowest BCUT2D eigenvalue weighted by molar-refractivity contribution is -0.120. The summed E-state index contributed by atoms with van der Waals surface area (Å²) in [6.07, 6.45) is 0. The molecule has 5 heteroatoms. The predicted molar refractivity (Wildman–Crippen MR) is 34.1 cm³/mol. The molecule has 0 rings (SSSR count). The molecule has 1 N–H and O–H groups in total. The molecule has 3 nitrogen and oxygen atoms in total. The number of alkyl halides is 2. The van der Waals surface area contributed by atoms with E-state index < -0.39 is 10.2 Å². The third-order valence-electron chi connectivity index (χ3n) is 0.653. The molecule has 1 amide bonds. The number of nitrogens with zero attached hydrogens (tertiary/aromatic N) is 1. The lowest BCUT2D eigenvalue weighted by Crippen LogP contribution is -2.34. The number of nitrogens with one attached hydrogen (secondary N) is 1. The topological polar surface area (TPSA) is 52.9 Å². The van der Waals surface area contributed by atoms with Crippen molar-refractivity contribution in [2.45, 2.75) is 4.33 Å². The van der Waals surface area contributed by atoms with Gasteiger partial charge in [-0.2, -0.15) is 5.26 Å². The molecule has 0 aliphatic rings. The Balaban J connectivity index is 4.19. The molecular weight excluding hydrogens is 163 g/mol. The molecule has 0 aromatic rings. The van der Waals surface area contributed by atoms with Crippen LogP contribution in [0.3, 0.4) is 0 Å². The first-order valence-corrected chi connectivity index (χ1v) is 2.81. The second-order valence-electron chi connectivity index (χ2n) is 1.27. The third kappa shape index (κ3) is 2.08. The van der Waals surface area contributed by atoms with E-state index >= 15 is 0 Å². The van der Waals surface area contributed by atoms with Gasteiger partial charge in [0.2, 0.25) is 0 Å². The maximum absolute atomic E-state index is 10.5. The van der Waals surface area contributed by atoms with Crippen LogP contribution in [0.25, 0.3) is 0 Å². The van der Waals surface area contributed by atoms with Crippen molar-refractivity contribution in [3.63, 3.8) is 0 Å². The highest BCUT2D eigenvalue weighted by atomic mass is 35.5. The fourth-order valence-corrected chi connectivity index (χ4v) is 0.397. The molecule has 0 bridgehead atoms. The average Bonchev–Trinajstić information content (AvgIpc) is 1.86. The van der Waals surface area contributed by atoms with Gasteiger partial charge in [-0.1, -0.05) is 23.2 Å². The molecule has 0 unspecified atom stereocenters. The first kappa shape index (κ1) is 8.54. The van der Waals surface area contributed by atoms with E-state index in [9.17, 15) is 4.79 Å². The van der Waals surface area contributed by atoms with Gasteiger partial charge >= 0.3 is 0 Å². The molecule has 0 spiro atoms. The van der Waals surface area contributed by atoms with Crippen molar-refractivity contribution in [2.75, 3.05) is 7.05 Å². The SMILES string of the molecule is CNC(=O)C(Cl)(Cl)C#N. The second kappa shape index (κ2) is 2.90. The Bertz CT molecular complexity index is 160. The summed E-state index contributed by atoms with van der Waals surface area (Å²) in [5.41, 5.74) is 0. The van der Waals surface area contributed by atoms with E-state index in [1.165, 1.54) is 13.1 Å². The van der Waals surface area contributed by atoms with Gasteiger partial charge in [-0.15, -0.1) is 0 Å². The van der Waals surface area contributed by atoms with Crippen LogP contribution in [0.1, 0.15) is 0 Å². The zero-order valence-electron chi connectivity index (χ0n) is 4.61. The number of carbonyl (C=O) groups is 1. The van der Waals surface area contributed by atoms with Gasteiger partial charge in [0.25, 0.3) is 10.2 Å². The largest absolute Gasteiger partial charge is 0.356 e. The summed E-state index contributed by atoms with van der Waals surface area (Å²) in [5, 5.41) is 10.3. The third-order valence-corrected chi connectivity index (χ3v) is 1.16. The Morgan fingerprint density at radius 3 is 2.33 bits per heavy atom. The van der Waals surface area contributed by atoms with Crippen molar-refractivity contribution in [2.24, 2.45) is 0 Å². The van der Waals surface area contributed by atoms with Gasteiger partial charge in [-0.05, 0) is 0 Å². The molecule has 0 aliphatic heterocycles. The van der Waals surface area contributed by atoms with E-state index in [2.05, 4.69) is 5.32 Å². The van der Waals surface area contributed by atoms with Crippen LogP contribution in [-0.2, 0) is 4.79 Å². The summed E-state index contributed by atoms with van der Waals surface area (Å²) in [7, 11) is 1.35. The Hall–Kier alpha value is -0.460. The Kier molecular flexibility index (Phi) is 2.75. The van der Waals surface area contributed by atoms with E-state index in [1.807, 2.05) is 0 Å². The molecule has 9 heavy (non-hydrogen) atoms. The standard InChI is InChI=1S/C4H4Cl2N2O/c1-8-3(9)4(5,6)2-7/h1H3,(H,8,9). The lowest BCUT2D eigenvalue weighted by Gasteiger charge is -2.05. The predicted octanol–water partition coefficient (Wildman–Crippen LogP) is 0.430. The number of carbonyl (C=O) groups excluding carboxylic acids is 1. The highest BCUT2D eigenvalue weighted by Crippen LogP contribution is 2.18. The van der Waals surface area contributed by atoms with Crippen LogP contribution in [-0.4, -0.2) is 17.3 Å². The minimum absolute atomic E-state index is 0.715. The molecule has 50 valence electrons. The van der Waals surface area contributed by atoms with Crippen LogP contribution in [0.15, 0.2) is 0 Å². The molecule has 0 aromatic carbocycles. The van der Waals surface area contributed by atoms with Gasteiger partial charge in [0.05, 0.1) is 0 Å². The summed E-state index contributed by atoms with van der Waals surface area (Å²) >= 11 is 10.3. The van der Waals surface area contributed by atoms with E-state index in [1.54, 1.807) is 0 Å². The van der Waals surface area contributed by atoms with Crippen molar-refractivity contribution in [3.05, 3.63) is 0 Å². The molecular formula is C4H4Cl2N2O. The van der Waals surface area contributed by atoms with Crippen molar-refractivity contribution in [1.82, 2.24) is 5.32 Å². The quantitative estimate of drug-likeness (QED) is 0.575. The number of hydrogen-bond acceptors (Lipinski definition) is 2. The zero-order chi connectivity index (χ0) is 7.49. The highest BCUT2D eigenvalue weighted by molar-refractivity contribution is 6.60. The normalized spacial score (nSPS) is 10.0. The molecule has 0 aromatic heterocycles. The fourth-order valence-electron chi connectivity index (χ4n) is 0.208. The van der Waals surface area contributed by atoms with Crippen LogP contribution in [0.4, 0.5) is 0 Å². The van der Waals surface area contributed by atoms with Crippen LogP contribution < -0.4 is 5.32 Å². The van der Waals surface area contributed by atoms with Gasteiger partial charge in [0.1, 0.15) is 6.07 Å². The Morgan fingerprint density at radius 2 is 2.22 bits per heavy atom. The van der Waals surface area contributed by atoms with Gasteiger partial charge in [0, 0.05) is 7.05 Å². The minimum atomic E-state index is -1.95. The van der Waals surface area contributed by atoms with Crippen molar-refractivity contribution in [3.8, 4) is 6.07 Å². The zero-order valence-corrected chi connectivity index (χ0v) is 6.12. The first-order chi connectivity index (χ1) is 4.04. The van der Waals surface area contributed by atoms with Gasteiger partial charge in [-0.25, -0.2) is 0 Å². The second-order valence-corrected chi connectivity index (χ2v) is 2.59. The van der Waals surface area contributed by atoms with E-state index in [-0.39, 0.29) is 0 Å². The molecule has 0 aliphatic carbocycles. The maximum Gasteiger partial charge on any atom is 0.281 e. The van der Waals surface area contributed by atoms with Crippen molar-refractivity contribution < 1.29 is 4.79 Å². The Labute approximate surface area is 62.5 Å². The fraction of sp³-hybridized carbons (Fsp3) is 0.500. The summed E-state index contributed by atoms with van der Waals surface area (Å²) in [6.45, 7) is 0. The monoisotopic (exact) mass is 166 g/mol. The number of hydrogen-bond donors (Lipinski definition) is 1. The molecule has 0 saturated heterocycles. The van der Waals surface area contributed by atoms with Gasteiger partial charge < -0.3 is 5.32 Å². The number of rotatable bonds is 1. The van der Waals surface area contributed by atoms with Crippen LogP contribution >= 0.6 is 23.2 Å². The van der Waals surface area contributed by atoms with Crippen LogP contribution in [0, 0.1) is 11.3 Å². The maximum atomic E-state index is 10.5. The summed E-state index contributed by atoms with van der Waals surface area (Å²) < 4.78 is -1.95. The number of amides is 1. The van der Waals surface area contributed by atoms with E-state index in [0.717, 1.165) is 0 Å².